The summed E-state index contributed by atoms with van der Waals surface area (Å²) in [6, 6.07) is 6.91. The lowest BCUT2D eigenvalue weighted by molar-refractivity contribution is 0.312. The SMILES string of the molecule is Cc1cc(Nc2ncco2)ccc1N1CCN(C)CC1. The van der Waals surface area contributed by atoms with Crippen LogP contribution in [0, 0.1) is 6.92 Å². The van der Waals surface area contributed by atoms with Gasteiger partial charge >= 0.3 is 0 Å². The fourth-order valence-electron chi connectivity index (χ4n) is 2.54. The third kappa shape index (κ3) is 2.77. The molecular formula is C15H20N4O. The van der Waals surface area contributed by atoms with Gasteiger partial charge < -0.3 is 19.5 Å². The number of aryl methyl sites for hydroxylation is 1. The number of likely N-dealkylation sites (N-methyl/N-ethyl adjacent to an activating group) is 1. The molecule has 1 aromatic carbocycles. The van der Waals surface area contributed by atoms with Gasteiger partial charge in [0, 0.05) is 37.6 Å². The Bertz CT molecular complexity index is 559. The second kappa shape index (κ2) is 5.54. The summed E-state index contributed by atoms with van der Waals surface area (Å²) in [5.41, 5.74) is 3.59. The minimum atomic E-state index is 0.525. The number of nitrogens with zero attached hydrogens (tertiary/aromatic N) is 3. The summed E-state index contributed by atoms with van der Waals surface area (Å²) in [6.07, 6.45) is 3.20. The summed E-state index contributed by atoms with van der Waals surface area (Å²) >= 11 is 0. The van der Waals surface area contributed by atoms with Crippen molar-refractivity contribution in [1.82, 2.24) is 9.88 Å². The van der Waals surface area contributed by atoms with E-state index in [2.05, 4.69) is 52.3 Å². The van der Waals surface area contributed by atoms with E-state index in [4.69, 9.17) is 4.42 Å². The highest BCUT2D eigenvalue weighted by molar-refractivity contribution is 5.63. The maximum atomic E-state index is 5.20. The first-order valence-corrected chi connectivity index (χ1v) is 6.93. The fraction of sp³-hybridized carbons (Fsp3) is 0.400. The molecule has 2 aromatic rings. The van der Waals surface area contributed by atoms with Gasteiger partial charge in [0.05, 0.1) is 6.20 Å². The van der Waals surface area contributed by atoms with E-state index in [-0.39, 0.29) is 0 Å². The minimum Gasteiger partial charge on any atom is -0.432 e. The lowest BCUT2D eigenvalue weighted by Gasteiger charge is -2.35. The smallest absolute Gasteiger partial charge is 0.299 e. The Labute approximate surface area is 119 Å². The Kier molecular flexibility index (Phi) is 3.60. The highest BCUT2D eigenvalue weighted by atomic mass is 16.4. The van der Waals surface area contributed by atoms with Gasteiger partial charge in [-0.3, -0.25) is 0 Å². The van der Waals surface area contributed by atoms with Crippen LogP contribution in [0.15, 0.2) is 35.1 Å². The van der Waals surface area contributed by atoms with E-state index >= 15 is 0 Å². The molecule has 0 aliphatic carbocycles. The lowest BCUT2D eigenvalue weighted by Crippen LogP contribution is -2.44. The van der Waals surface area contributed by atoms with Crippen molar-refractivity contribution in [2.24, 2.45) is 0 Å². The molecule has 3 rings (SSSR count). The van der Waals surface area contributed by atoms with E-state index in [0.717, 1.165) is 31.9 Å². The zero-order valence-electron chi connectivity index (χ0n) is 12.0. The average Bonchev–Trinajstić information content (AvgIpc) is 2.93. The van der Waals surface area contributed by atoms with E-state index in [1.165, 1.54) is 11.3 Å². The lowest BCUT2D eigenvalue weighted by atomic mass is 10.1. The van der Waals surface area contributed by atoms with Crippen LogP contribution in [0.5, 0.6) is 0 Å². The summed E-state index contributed by atoms with van der Waals surface area (Å²) in [7, 11) is 2.17. The van der Waals surface area contributed by atoms with E-state index in [0.29, 0.717) is 6.01 Å². The molecule has 20 heavy (non-hydrogen) atoms. The van der Waals surface area contributed by atoms with Crippen LogP contribution < -0.4 is 10.2 Å². The molecule has 0 atom stereocenters. The standard InChI is InChI=1S/C15H20N4O/c1-12-11-13(17-15-16-5-10-20-15)3-4-14(12)19-8-6-18(2)7-9-19/h3-5,10-11H,6-9H2,1-2H3,(H,16,17). The molecule has 1 aromatic heterocycles. The first kappa shape index (κ1) is 13.0. The maximum absolute atomic E-state index is 5.20. The molecule has 0 amide bonds. The summed E-state index contributed by atoms with van der Waals surface area (Å²) in [5.74, 6) is 0. The highest BCUT2D eigenvalue weighted by Gasteiger charge is 2.15. The molecule has 1 N–H and O–H groups in total. The van der Waals surface area contributed by atoms with Crippen LogP contribution >= 0.6 is 0 Å². The van der Waals surface area contributed by atoms with Gasteiger partial charge in [-0.15, -0.1) is 0 Å². The predicted molar refractivity (Wildman–Crippen MR) is 80.7 cm³/mol. The van der Waals surface area contributed by atoms with Gasteiger partial charge in [0.15, 0.2) is 0 Å². The third-order valence-corrected chi connectivity index (χ3v) is 3.72. The fourth-order valence-corrected chi connectivity index (χ4v) is 2.54. The summed E-state index contributed by atoms with van der Waals surface area (Å²) in [6.45, 7) is 6.56. The van der Waals surface area contributed by atoms with Crippen LogP contribution in [-0.2, 0) is 0 Å². The van der Waals surface area contributed by atoms with Gasteiger partial charge in [-0.05, 0) is 37.7 Å². The largest absolute Gasteiger partial charge is 0.432 e. The maximum Gasteiger partial charge on any atom is 0.299 e. The van der Waals surface area contributed by atoms with Crippen molar-refractivity contribution >= 4 is 17.4 Å². The van der Waals surface area contributed by atoms with Crippen LogP contribution in [0.3, 0.4) is 0 Å². The molecule has 1 saturated heterocycles. The van der Waals surface area contributed by atoms with Gasteiger partial charge in [-0.2, -0.15) is 0 Å². The average molecular weight is 272 g/mol. The van der Waals surface area contributed by atoms with E-state index in [1.807, 2.05) is 0 Å². The number of aromatic nitrogens is 1. The molecule has 0 radical (unpaired) electrons. The van der Waals surface area contributed by atoms with Gasteiger partial charge in [0.25, 0.3) is 6.01 Å². The Balaban J connectivity index is 1.74. The highest BCUT2D eigenvalue weighted by Crippen LogP contribution is 2.26. The van der Waals surface area contributed by atoms with Crippen molar-refractivity contribution in [2.75, 3.05) is 43.4 Å². The number of anilines is 3. The molecule has 5 nitrogen and oxygen atoms in total. The van der Waals surface area contributed by atoms with E-state index in [1.54, 1.807) is 12.5 Å². The van der Waals surface area contributed by atoms with Gasteiger partial charge in [-0.1, -0.05) is 0 Å². The summed E-state index contributed by atoms with van der Waals surface area (Å²) in [5, 5.41) is 3.16. The van der Waals surface area contributed by atoms with Crippen LogP contribution in [0.1, 0.15) is 5.56 Å². The number of piperazine rings is 1. The minimum absolute atomic E-state index is 0.525. The normalized spacial score (nSPS) is 16.4. The number of benzene rings is 1. The zero-order chi connectivity index (χ0) is 13.9. The molecule has 2 heterocycles. The molecule has 0 unspecified atom stereocenters. The van der Waals surface area contributed by atoms with Gasteiger partial charge in [0.1, 0.15) is 6.26 Å². The molecule has 1 fully saturated rings. The molecule has 106 valence electrons. The first-order valence-electron chi connectivity index (χ1n) is 6.93. The number of nitrogens with one attached hydrogen (secondary N) is 1. The first-order chi connectivity index (χ1) is 9.72. The van der Waals surface area contributed by atoms with Crippen LogP contribution in [0.25, 0.3) is 0 Å². The molecular weight excluding hydrogens is 252 g/mol. The summed E-state index contributed by atoms with van der Waals surface area (Å²) < 4.78 is 5.20. The van der Waals surface area contributed by atoms with Crippen LogP contribution in [0.4, 0.5) is 17.4 Å². The number of hydrogen-bond donors (Lipinski definition) is 1. The molecule has 1 aliphatic rings. The summed E-state index contributed by atoms with van der Waals surface area (Å²) in [4.78, 5) is 8.88. The zero-order valence-corrected chi connectivity index (χ0v) is 12.0. The Hall–Kier alpha value is -2.01. The quantitative estimate of drug-likeness (QED) is 0.930. The third-order valence-electron chi connectivity index (χ3n) is 3.72. The molecule has 0 bridgehead atoms. The van der Waals surface area contributed by atoms with Crippen molar-refractivity contribution in [3.63, 3.8) is 0 Å². The predicted octanol–water partition coefficient (Wildman–Crippen LogP) is 2.48. The molecule has 0 spiro atoms. The number of rotatable bonds is 3. The number of oxazole rings is 1. The molecule has 5 heteroatoms. The van der Waals surface area contributed by atoms with Crippen LogP contribution in [-0.4, -0.2) is 43.1 Å². The van der Waals surface area contributed by atoms with Gasteiger partial charge in [0.2, 0.25) is 0 Å². The Morgan fingerprint density at radius 1 is 1.20 bits per heavy atom. The Morgan fingerprint density at radius 3 is 2.65 bits per heavy atom. The molecule has 1 aliphatic heterocycles. The van der Waals surface area contributed by atoms with Crippen molar-refractivity contribution in [1.29, 1.82) is 0 Å². The second-order valence-corrected chi connectivity index (χ2v) is 5.25. The van der Waals surface area contributed by atoms with Crippen molar-refractivity contribution in [3.8, 4) is 0 Å². The van der Waals surface area contributed by atoms with E-state index in [9.17, 15) is 0 Å². The van der Waals surface area contributed by atoms with Crippen molar-refractivity contribution in [3.05, 3.63) is 36.2 Å². The second-order valence-electron chi connectivity index (χ2n) is 5.25. The van der Waals surface area contributed by atoms with Crippen LogP contribution in [0.2, 0.25) is 0 Å². The van der Waals surface area contributed by atoms with E-state index < -0.39 is 0 Å². The van der Waals surface area contributed by atoms with Gasteiger partial charge in [-0.25, -0.2) is 4.98 Å². The van der Waals surface area contributed by atoms with Crippen molar-refractivity contribution < 1.29 is 4.42 Å². The number of hydrogen-bond acceptors (Lipinski definition) is 5. The Morgan fingerprint density at radius 2 is 2.00 bits per heavy atom. The molecule has 0 saturated carbocycles. The van der Waals surface area contributed by atoms with Crippen molar-refractivity contribution in [2.45, 2.75) is 6.92 Å². The monoisotopic (exact) mass is 272 g/mol. The topological polar surface area (TPSA) is 44.5 Å².